The Balaban J connectivity index is 1.77. The van der Waals surface area contributed by atoms with Crippen molar-refractivity contribution in [3.05, 3.63) is 18.0 Å². The zero-order chi connectivity index (χ0) is 13.2. The predicted molar refractivity (Wildman–Crippen MR) is 69.6 cm³/mol. The van der Waals surface area contributed by atoms with Crippen molar-refractivity contribution >= 4 is 11.7 Å². The van der Waals surface area contributed by atoms with Crippen LogP contribution in [-0.2, 0) is 4.79 Å². The zero-order valence-electron chi connectivity index (χ0n) is 11.0. The van der Waals surface area contributed by atoms with Crippen LogP contribution in [0.15, 0.2) is 12.3 Å². The van der Waals surface area contributed by atoms with Crippen LogP contribution in [0.5, 0.6) is 0 Å². The minimum absolute atomic E-state index is 0.0154. The third-order valence-corrected chi connectivity index (χ3v) is 4.36. The van der Waals surface area contributed by atoms with Crippen molar-refractivity contribution in [1.82, 2.24) is 15.1 Å². The first-order valence-electron chi connectivity index (χ1n) is 7.10. The lowest BCUT2D eigenvalue weighted by Crippen LogP contribution is -2.43. The van der Waals surface area contributed by atoms with Gasteiger partial charge in [-0.15, -0.1) is 0 Å². The highest BCUT2D eigenvalue weighted by molar-refractivity contribution is 5.93. The number of nitrogens with zero attached hydrogens (tertiary/aromatic N) is 2. The molecule has 1 saturated heterocycles. The van der Waals surface area contributed by atoms with Gasteiger partial charge >= 0.3 is 0 Å². The first kappa shape index (κ1) is 12.4. The van der Waals surface area contributed by atoms with Crippen molar-refractivity contribution < 1.29 is 9.59 Å². The van der Waals surface area contributed by atoms with Gasteiger partial charge in [0.05, 0.1) is 0 Å². The minimum atomic E-state index is -0.0154. The maximum absolute atomic E-state index is 12.4. The lowest BCUT2D eigenvalue weighted by molar-refractivity contribution is -0.126. The van der Waals surface area contributed by atoms with Gasteiger partial charge in [0.25, 0.3) is 5.91 Å². The summed E-state index contributed by atoms with van der Waals surface area (Å²) < 4.78 is 0. The number of nitrogens with one attached hydrogen (secondary N) is 1. The molecule has 1 N–H and O–H groups in total. The van der Waals surface area contributed by atoms with Gasteiger partial charge in [-0.05, 0) is 31.7 Å². The van der Waals surface area contributed by atoms with Gasteiger partial charge in [-0.25, -0.2) is 0 Å². The molecule has 2 aliphatic rings. The molecule has 5 nitrogen and oxygen atoms in total. The predicted octanol–water partition coefficient (Wildman–Crippen LogP) is 1.77. The maximum atomic E-state index is 12.4. The topological polar surface area (TPSA) is 66.1 Å². The number of H-pyrrole nitrogens is 1. The summed E-state index contributed by atoms with van der Waals surface area (Å²) in [5.74, 6) is 0.391. The van der Waals surface area contributed by atoms with Crippen molar-refractivity contribution in [3.63, 3.8) is 0 Å². The number of carbonyl (C=O) groups is 2. The van der Waals surface area contributed by atoms with Crippen LogP contribution in [0.2, 0.25) is 0 Å². The summed E-state index contributed by atoms with van der Waals surface area (Å²) in [6, 6.07) is 1.80. The van der Waals surface area contributed by atoms with E-state index in [0.717, 1.165) is 38.6 Å². The Morgan fingerprint density at radius 2 is 2.21 bits per heavy atom. The van der Waals surface area contributed by atoms with Crippen LogP contribution in [0.1, 0.15) is 49.0 Å². The monoisotopic (exact) mass is 261 g/mol. The highest BCUT2D eigenvalue weighted by Crippen LogP contribution is 2.32. The molecule has 2 atom stereocenters. The van der Waals surface area contributed by atoms with Crippen LogP contribution in [0.3, 0.4) is 0 Å². The fourth-order valence-corrected chi connectivity index (χ4v) is 3.41. The molecule has 0 aromatic carbocycles. The molecular weight excluding hydrogens is 242 g/mol. The number of carbonyl (C=O) groups excluding carboxylic acids is 2. The Morgan fingerprint density at radius 1 is 1.32 bits per heavy atom. The van der Waals surface area contributed by atoms with E-state index in [1.165, 1.54) is 0 Å². The smallest absolute Gasteiger partial charge is 0.272 e. The lowest BCUT2D eigenvalue weighted by Gasteiger charge is -2.32. The third-order valence-electron chi connectivity index (χ3n) is 4.36. The molecule has 5 heteroatoms. The van der Waals surface area contributed by atoms with E-state index in [2.05, 4.69) is 10.2 Å². The summed E-state index contributed by atoms with van der Waals surface area (Å²) in [5.41, 5.74) is 0.523. The van der Waals surface area contributed by atoms with Gasteiger partial charge < -0.3 is 4.90 Å². The number of hydrogen-bond donors (Lipinski definition) is 1. The van der Waals surface area contributed by atoms with E-state index in [0.29, 0.717) is 17.9 Å². The molecule has 102 valence electrons. The summed E-state index contributed by atoms with van der Waals surface area (Å²) in [6.45, 7) is 0.756. The second-order valence-corrected chi connectivity index (χ2v) is 5.50. The van der Waals surface area contributed by atoms with Crippen molar-refractivity contribution in [3.8, 4) is 0 Å². The molecule has 1 aliphatic heterocycles. The first-order valence-corrected chi connectivity index (χ1v) is 7.10. The molecule has 1 amide bonds. The Hall–Kier alpha value is -1.65. The van der Waals surface area contributed by atoms with Gasteiger partial charge in [0.15, 0.2) is 0 Å². The van der Waals surface area contributed by atoms with Gasteiger partial charge in [0, 0.05) is 31.1 Å². The standard InChI is InChI=1S/C14H19N3O2/c18-13-6-2-1-4-10(13)12-5-3-9-17(12)14(19)11-7-8-15-16-11/h7-8,10,12H,1-6,9H2,(H,15,16). The highest BCUT2D eigenvalue weighted by Gasteiger charge is 2.39. The molecule has 2 unspecified atom stereocenters. The SMILES string of the molecule is O=C1CCCCC1C1CCCN1C(=O)c1ccn[nH]1. The van der Waals surface area contributed by atoms with Crippen LogP contribution in [-0.4, -0.2) is 39.4 Å². The molecule has 2 heterocycles. The van der Waals surface area contributed by atoms with Gasteiger partial charge in [-0.3, -0.25) is 14.7 Å². The average Bonchev–Trinajstić information content (AvgIpc) is 3.10. The van der Waals surface area contributed by atoms with Crippen LogP contribution in [0, 0.1) is 5.92 Å². The average molecular weight is 261 g/mol. The number of likely N-dealkylation sites (tertiary alicyclic amines) is 1. The fraction of sp³-hybridized carbons (Fsp3) is 0.643. The van der Waals surface area contributed by atoms with Crippen LogP contribution < -0.4 is 0 Å². The summed E-state index contributed by atoms with van der Waals surface area (Å²) in [6.07, 6.45) is 7.29. The van der Waals surface area contributed by atoms with E-state index in [-0.39, 0.29) is 17.9 Å². The zero-order valence-corrected chi connectivity index (χ0v) is 11.0. The van der Waals surface area contributed by atoms with Gasteiger partial charge in [-0.2, -0.15) is 5.10 Å². The molecule has 0 bridgehead atoms. The second-order valence-electron chi connectivity index (χ2n) is 5.50. The minimum Gasteiger partial charge on any atom is -0.334 e. The Bertz CT molecular complexity index is 469. The molecule has 1 saturated carbocycles. The van der Waals surface area contributed by atoms with Crippen LogP contribution >= 0.6 is 0 Å². The summed E-state index contributed by atoms with van der Waals surface area (Å²) in [5, 5.41) is 6.55. The summed E-state index contributed by atoms with van der Waals surface area (Å²) in [4.78, 5) is 26.4. The number of hydrogen-bond acceptors (Lipinski definition) is 3. The van der Waals surface area contributed by atoms with Crippen molar-refractivity contribution in [2.45, 2.75) is 44.6 Å². The van der Waals surface area contributed by atoms with Crippen molar-refractivity contribution in [2.24, 2.45) is 5.92 Å². The molecule has 19 heavy (non-hydrogen) atoms. The van der Waals surface area contributed by atoms with E-state index < -0.39 is 0 Å². The fourth-order valence-electron chi connectivity index (χ4n) is 3.41. The Labute approximate surface area is 112 Å². The van der Waals surface area contributed by atoms with Crippen molar-refractivity contribution in [1.29, 1.82) is 0 Å². The third kappa shape index (κ3) is 2.29. The molecule has 2 fully saturated rings. The quantitative estimate of drug-likeness (QED) is 0.882. The number of aromatic nitrogens is 2. The number of aromatic amines is 1. The summed E-state index contributed by atoms with van der Waals surface area (Å²) in [7, 11) is 0. The normalized spacial score (nSPS) is 27.8. The molecule has 0 spiro atoms. The van der Waals surface area contributed by atoms with Crippen LogP contribution in [0.25, 0.3) is 0 Å². The molecule has 1 aromatic rings. The molecule has 1 aliphatic carbocycles. The largest absolute Gasteiger partial charge is 0.334 e. The van der Waals surface area contributed by atoms with E-state index in [4.69, 9.17) is 0 Å². The van der Waals surface area contributed by atoms with E-state index in [1.54, 1.807) is 12.3 Å². The first-order chi connectivity index (χ1) is 9.27. The maximum Gasteiger partial charge on any atom is 0.272 e. The van der Waals surface area contributed by atoms with Gasteiger partial charge in [0.1, 0.15) is 11.5 Å². The van der Waals surface area contributed by atoms with Crippen LogP contribution in [0.4, 0.5) is 0 Å². The van der Waals surface area contributed by atoms with Gasteiger partial charge in [-0.1, -0.05) is 6.42 Å². The number of Topliss-reactive ketones (excluding diaryl/α,β-unsaturated/α-hetero) is 1. The van der Waals surface area contributed by atoms with E-state index in [1.807, 2.05) is 4.90 Å². The Morgan fingerprint density at radius 3 is 2.95 bits per heavy atom. The number of rotatable bonds is 2. The molecule has 0 radical (unpaired) electrons. The van der Waals surface area contributed by atoms with Crippen molar-refractivity contribution in [2.75, 3.05) is 6.54 Å². The highest BCUT2D eigenvalue weighted by atomic mass is 16.2. The second kappa shape index (κ2) is 5.15. The molecule has 3 rings (SSSR count). The summed E-state index contributed by atoms with van der Waals surface area (Å²) >= 11 is 0. The van der Waals surface area contributed by atoms with Gasteiger partial charge in [0.2, 0.25) is 0 Å². The number of ketones is 1. The molecular formula is C14H19N3O2. The Kier molecular flexibility index (Phi) is 3.36. The van der Waals surface area contributed by atoms with E-state index >= 15 is 0 Å². The van der Waals surface area contributed by atoms with E-state index in [9.17, 15) is 9.59 Å². The number of amides is 1. The molecule has 1 aromatic heterocycles. The lowest BCUT2D eigenvalue weighted by atomic mass is 9.82.